The second-order valence-electron chi connectivity index (χ2n) is 3.42. The van der Waals surface area contributed by atoms with Crippen molar-refractivity contribution in [2.45, 2.75) is 12.8 Å². The fraction of sp³-hybridized carbons (Fsp3) is 0.273. The molecule has 86 valence electrons. The normalized spacial score (nSPS) is 9.75. The summed E-state index contributed by atoms with van der Waals surface area (Å²) in [7, 11) is 0. The van der Waals surface area contributed by atoms with Gasteiger partial charge < -0.3 is 16.2 Å². The van der Waals surface area contributed by atoms with E-state index in [0.29, 0.717) is 12.1 Å². The largest absolute Gasteiger partial charge is 0.480 e. The third-order valence-corrected chi connectivity index (χ3v) is 2.03. The Balaban J connectivity index is 2.34. The quantitative estimate of drug-likeness (QED) is 0.629. The number of nitrogen functional groups attached to an aromatic ring is 1. The van der Waals surface area contributed by atoms with E-state index in [0.717, 1.165) is 5.56 Å². The Morgan fingerprint density at radius 2 is 2.12 bits per heavy atom. The molecule has 0 aromatic heterocycles. The number of aliphatic carboxylic acids is 1. The van der Waals surface area contributed by atoms with Crippen molar-refractivity contribution in [3.8, 4) is 0 Å². The van der Waals surface area contributed by atoms with Crippen molar-refractivity contribution >= 4 is 17.6 Å². The predicted molar refractivity (Wildman–Crippen MR) is 59.8 cm³/mol. The molecule has 1 rings (SSSR count). The Labute approximate surface area is 93.3 Å². The number of carbonyl (C=O) groups is 2. The molecule has 4 N–H and O–H groups in total. The van der Waals surface area contributed by atoms with E-state index in [1.807, 2.05) is 12.1 Å². The number of carbonyl (C=O) groups excluding carboxylic acids is 1. The smallest absolute Gasteiger partial charge is 0.322 e. The number of aryl methyl sites for hydroxylation is 1. The van der Waals surface area contributed by atoms with Crippen LogP contribution in [0.5, 0.6) is 0 Å². The minimum Gasteiger partial charge on any atom is -0.480 e. The van der Waals surface area contributed by atoms with Gasteiger partial charge in [0.2, 0.25) is 5.91 Å². The van der Waals surface area contributed by atoms with Crippen molar-refractivity contribution in [2.75, 3.05) is 12.3 Å². The zero-order valence-electron chi connectivity index (χ0n) is 8.77. The van der Waals surface area contributed by atoms with Gasteiger partial charge in [0.1, 0.15) is 6.54 Å². The molecule has 0 spiro atoms. The van der Waals surface area contributed by atoms with Gasteiger partial charge in [-0.2, -0.15) is 0 Å². The molecule has 0 aliphatic carbocycles. The molecule has 0 heterocycles. The number of carboxylic acid groups (broad SMARTS) is 1. The molecule has 1 aromatic carbocycles. The highest BCUT2D eigenvalue weighted by atomic mass is 16.4. The molecule has 5 heteroatoms. The predicted octanol–water partition coefficient (Wildman–Crippen LogP) is 0.402. The third kappa shape index (κ3) is 4.45. The number of carboxylic acids is 1. The molecular weight excluding hydrogens is 208 g/mol. The van der Waals surface area contributed by atoms with E-state index in [-0.39, 0.29) is 18.9 Å². The van der Waals surface area contributed by atoms with Gasteiger partial charge in [-0.1, -0.05) is 12.1 Å². The number of amides is 1. The third-order valence-electron chi connectivity index (χ3n) is 2.03. The second kappa shape index (κ2) is 5.75. The number of anilines is 1. The molecule has 0 aliphatic rings. The van der Waals surface area contributed by atoms with Gasteiger partial charge in [-0.05, 0) is 24.1 Å². The Hall–Kier alpha value is -2.04. The van der Waals surface area contributed by atoms with Crippen LogP contribution in [0.3, 0.4) is 0 Å². The molecular formula is C11H14N2O3. The number of nitrogens with one attached hydrogen (secondary N) is 1. The van der Waals surface area contributed by atoms with Crippen LogP contribution in [-0.2, 0) is 16.0 Å². The van der Waals surface area contributed by atoms with Gasteiger partial charge in [0.15, 0.2) is 0 Å². The van der Waals surface area contributed by atoms with Gasteiger partial charge >= 0.3 is 5.97 Å². The minimum absolute atomic E-state index is 0.261. The average Bonchev–Trinajstić information content (AvgIpc) is 2.23. The van der Waals surface area contributed by atoms with Crippen molar-refractivity contribution in [2.24, 2.45) is 0 Å². The van der Waals surface area contributed by atoms with Crippen molar-refractivity contribution in [3.05, 3.63) is 29.8 Å². The monoisotopic (exact) mass is 222 g/mol. The highest BCUT2D eigenvalue weighted by Crippen LogP contribution is 2.08. The van der Waals surface area contributed by atoms with E-state index in [1.165, 1.54) is 0 Å². The van der Waals surface area contributed by atoms with Crippen LogP contribution in [0.1, 0.15) is 12.0 Å². The highest BCUT2D eigenvalue weighted by Gasteiger charge is 2.04. The molecule has 1 aromatic rings. The van der Waals surface area contributed by atoms with E-state index >= 15 is 0 Å². The van der Waals surface area contributed by atoms with Crippen molar-refractivity contribution < 1.29 is 14.7 Å². The average molecular weight is 222 g/mol. The van der Waals surface area contributed by atoms with Crippen LogP contribution < -0.4 is 11.1 Å². The zero-order chi connectivity index (χ0) is 12.0. The summed E-state index contributed by atoms with van der Waals surface area (Å²) in [6.07, 6.45) is 0.813. The molecule has 0 saturated carbocycles. The molecule has 0 atom stereocenters. The first-order chi connectivity index (χ1) is 7.58. The van der Waals surface area contributed by atoms with Gasteiger partial charge in [-0.3, -0.25) is 9.59 Å². The van der Waals surface area contributed by atoms with Gasteiger partial charge in [0.05, 0.1) is 0 Å². The lowest BCUT2D eigenvalue weighted by Gasteiger charge is -2.03. The molecule has 5 nitrogen and oxygen atoms in total. The zero-order valence-corrected chi connectivity index (χ0v) is 8.77. The summed E-state index contributed by atoms with van der Waals surface area (Å²) in [6, 6.07) is 7.26. The molecule has 0 bridgehead atoms. The molecule has 0 saturated heterocycles. The SMILES string of the molecule is Nc1cccc(CCC(=O)NCC(=O)O)c1. The van der Waals surface area contributed by atoms with Crippen LogP contribution in [0.25, 0.3) is 0 Å². The topological polar surface area (TPSA) is 92.4 Å². The number of benzene rings is 1. The molecule has 0 radical (unpaired) electrons. The summed E-state index contributed by atoms with van der Waals surface area (Å²) >= 11 is 0. The van der Waals surface area contributed by atoms with E-state index in [9.17, 15) is 9.59 Å². The van der Waals surface area contributed by atoms with Gasteiger partial charge in [-0.25, -0.2) is 0 Å². The van der Waals surface area contributed by atoms with Gasteiger partial charge in [-0.15, -0.1) is 0 Å². The standard InChI is InChI=1S/C11H14N2O3/c12-9-3-1-2-8(6-9)4-5-10(14)13-7-11(15)16/h1-3,6H,4-5,7,12H2,(H,13,14)(H,15,16). The van der Waals surface area contributed by atoms with E-state index in [4.69, 9.17) is 10.8 Å². The fourth-order valence-electron chi connectivity index (χ4n) is 1.27. The van der Waals surface area contributed by atoms with E-state index in [2.05, 4.69) is 5.32 Å². The van der Waals surface area contributed by atoms with Gasteiger partial charge in [0, 0.05) is 12.1 Å². The van der Waals surface area contributed by atoms with E-state index in [1.54, 1.807) is 12.1 Å². The summed E-state index contributed by atoms with van der Waals surface area (Å²) in [5.74, 6) is -1.32. The maximum atomic E-state index is 11.2. The number of nitrogens with two attached hydrogens (primary N) is 1. The fourth-order valence-corrected chi connectivity index (χ4v) is 1.27. The molecule has 0 aliphatic heterocycles. The van der Waals surface area contributed by atoms with E-state index < -0.39 is 5.97 Å². The number of hydrogen-bond acceptors (Lipinski definition) is 3. The van der Waals surface area contributed by atoms with Crippen molar-refractivity contribution in [1.82, 2.24) is 5.32 Å². The number of hydrogen-bond donors (Lipinski definition) is 3. The Morgan fingerprint density at radius 3 is 2.75 bits per heavy atom. The Kier molecular flexibility index (Phi) is 4.32. The molecule has 16 heavy (non-hydrogen) atoms. The highest BCUT2D eigenvalue weighted by molar-refractivity contribution is 5.81. The Morgan fingerprint density at radius 1 is 1.38 bits per heavy atom. The minimum atomic E-state index is -1.04. The molecule has 1 amide bonds. The lowest BCUT2D eigenvalue weighted by Crippen LogP contribution is -2.29. The molecule has 0 unspecified atom stereocenters. The summed E-state index contributed by atoms with van der Waals surface area (Å²) in [6.45, 7) is -0.338. The first-order valence-electron chi connectivity index (χ1n) is 4.91. The van der Waals surface area contributed by atoms with Crippen molar-refractivity contribution in [1.29, 1.82) is 0 Å². The van der Waals surface area contributed by atoms with Crippen LogP contribution in [0.15, 0.2) is 24.3 Å². The summed E-state index contributed by atoms with van der Waals surface area (Å²) in [5, 5.41) is 10.6. The van der Waals surface area contributed by atoms with Crippen LogP contribution >= 0.6 is 0 Å². The maximum Gasteiger partial charge on any atom is 0.322 e. The van der Waals surface area contributed by atoms with Crippen LogP contribution in [-0.4, -0.2) is 23.5 Å². The lowest BCUT2D eigenvalue weighted by atomic mass is 10.1. The number of rotatable bonds is 5. The van der Waals surface area contributed by atoms with Crippen LogP contribution in [0.2, 0.25) is 0 Å². The van der Waals surface area contributed by atoms with Crippen LogP contribution in [0.4, 0.5) is 5.69 Å². The van der Waals surface area contributed by atoms with Crippen molar-refractivity contribution in [3.63, 3.8) is 0 Å². The van der Waals surface area contributed by atoms with Gasteiger partial charge in [0.25, 0.3) is 0 Å². The first kappa shape index (κ1) is 12.0. The summed E-state index contributed by atoms with van der Waals surface area (Å²) in [4.78, 5) is 21.4. The summed E-state index contributed by atoms with van der Waals surface area (Å²) < 4.78 is 0. The van der Waals surface area contributed by atoms with Crippen LogP contribution in [0, 0.1) is 0 Å². The first-order valence-corrected chi connectivity index (χ1v) is 4.91. The second-order valence-corrected chi connectivity index (χ2v) is 3.42. The Bertz CT molecular complexity index is 391. The molecule has 0 fully saturated rings. The maximum absolute atomic E-state index is 11.2. The summed E-state index contributed by atoms with van der Waals surface area (Å²) in [5.41, 5.74) is 7.20. The lowest BCUT2D eigenvalue weighted by molar-refractivity contribution is -0.137.